The highest BCUT2D eigenvalue weighted by atomic mass is 19.1. The number of anilines is 2. The summed E-state index contributed by atoms with van der Waals surface area (Å²) in [5, 5.41) is 4.43. The van der Waals surface area contributed by atoms with Crippen LogP contribution >= 0.6 is 0 Å². The summed E-state index contributed by atoms with van der Waals surface area (Å²) in [5.41, 5.74) is 5.25. The Kier molecular flexibility index (Phi) is 6.45. The molecule has 1 saturated heterocycles. The summed E-state index contributed by atoms with van der Waals surface area (Å²) < 4.78 is 19.4. The van der Waals surface area contributed by atoms with Crippen molar-refractivity contribution in [1.29, 1.82) is 0 Å². The summed E-state index contributed by atoms with van der Waals surface area (Å²) in [4.78, 5) is 48.6. The van der Waals surface area contributed by atoms with E-state index in [0.717, 1.165) is 6.07 Å². The zero-order chi connectivity index (χ0) is 20.1. The van der Waals surface area contributed by atoms with E-state index in [9.17, 15) is 23.6 Å². The van der Waals surface area contributed by atoms with Crippen molar-refractivity contribution in [3.63, 3.8) is 0 Å². The molecule has 1 heterocycles. The first-order valence-corrected chi connectivity index (χ1v) is 8.29. The van der Waals surface area contributed by atoms with Crippen LogP contribution in [0.1, 0.15) is 13.8 Å². The highest BCUT2D eigenvalue weighted by Crippen LogP contribution is 2.23. The second-order valence-electron chi connectivity index (χ2n) is 6.25. The van der Waals surface area contributed by atoms with Gasteiger partial charge in [-0.25, -0.2) is 4.39 Å². The van der Waals surface area contributed by atoms with Crippen LogP contribution in [0.5, 0.6) is 0 Å². The maximum atomic E-state index is 14.4. The first-order valence-electron chi connectivity index (χ1n) is 8.29. The molecule has 27 heavy (non-hydrogen) atoms. The molecule has 2 rings (SSSR count). The standard InChI is InChI=1S/C17H21FN4O5/c1-9(2)16(25)21-14(15(19)24)17(26)20-12-4-3-10(7-11(12)18)22-5-6-27-8-13(22)23/h3-4,7,9,14H,5-6,8H2,1-2H3,(H2,19,24)(H,20,26)(H,21,25)/t14-/m0/s1. The molecular weight excluding hydrogens is 359 g/mol. The Balaban J connectivity index is 2.13. The van der Waals surface area contributed by atoms with Crippen LogP contribution in [0.4, 0.5) is 15.8 Å². The predicted octanol–water partition coefficient (Wildman–Crippen LogP) is -0.246. The highest BCUT2D eigenvalue weighted by Gasteiger charge is 2.28. The topological polar surface area (TPSA) is 131 Å². The van der Waals surface area contributed by atoms with Crippen LogP contribution in [0.15, 0.2) is 18.2 Å². The van der Waals surface area contributed by atoms with Crippen molar-refractivity contribution >= 4 is 35.0 Å². The summed E-state index contributed by atoms with van der Waals surface area (Å²) in [6, 6.07) is 2.16. The quantitative estimate of drug-likeness (QED) is 0.586. The molecule has 0 saturated carbocycles. The monoisotopic (exact) mass is 380 g/mol. The Morgan fingerprint density at radius 1 is 1.26 bits per heavy atom. The van der Waals surface area contributed by atoms with Crippen molar-refractivity contribution < 1.29 is 28.3 Å². The number of benzene rings is 1. The van der Waals surface area contributed by atoms with Crippen molar-refractivity contribution in [2.75, 3.05) is 30.0 Å². The van der Waals surface area contributed by atoms with Gasteiger partial charge >= 0.3 is 0 Å². The molecule has 1 fully saturated rings. The van der Waals surface area contributed by atoms with Gasteiger partial charge < -0.3 is 26.0 Å². The van der Waals surface area contributed by atoms with Crippen molar-refractivity contribution in [2.45, 2.75) is 19.9 Å². The SMILES string of the molecule is CC(C)C(=O)N[C@@H](C(N)=O)C(=O)Nc1ccc(N2CCOCC2=O)cc1F. The molecule has 146 valence electrons. The number of carbonyl (C=O) groups is 4. The maximum Gasteiger partial charge on any atom is 0.256 e. The molecule has 10 heteroatoms. The Morgan fingerprint density at radius 2 is 1.96 bits per heavy atom. The molecule has 4 N–H and O–H groups in total. The highest BCUT2D eigenvalue weighted by molar-refractivity contribution is 6.11. The minimum atomic E-state index is -1.64. The molecule has 4 amide bonds. The Morgan fingerprint density at radius 3 is 2.52 bits per heavy atom. The molecular formula is C17H21FN4O5. The largest absolute Gasteiger partial charge is 0.370 e. The van der Waals surface area contributed by atoms with Crippen LogP contribution < -0.4 is 21.3 Å². The summed E-state index contributed by atoms with van der Waals surface area (Å²) in [5.74, 6) is -4.17. The first kappa shape index (κ1) is 20.3. The minimum Gasteiger partial charge on any atom is -0.370 e. The van der Waals surface area contributed by atoms with E-state index < -0.39 is 35.5 Å². The zero-order valence-corrected chi connectivity index (χ0v) is 15.0. The fourth-order valence-electron chi connectivity index (χ4n) is 2.34. The van der Waals surface area contributed by atoms with Gasteiger partial charge in [0.15, 0.2) is 6.04 Å². The average molecular weight is 380 g/mol. The zero-order valence-electron chi connectivity index (χ0n) is 15.0. The van der Waals surface area contributed by atoms with E-state index in [2.05, 4.69) is 10.6 Å². The molecule has 0 aromatic heterocycles. The van der Waals surface area contributed by atoms with E-state index in [1.165, 1.54) is 17.0 Å². The van der Waals surface area contributed by atoms with Gasteiger partial charge in [0.1, 0.15) is 12.4 Å². The number of carbonyl (C=O) groups excluding carboxylic acids is 4. The lowest BCUT2D eigenvalue weighted by Gasteiger charge is -2.27. The van der Waals surface area contributed by atoms with Crippen LogP contribution in [0, 0.1) is 11.7 Å². The van der Waals surface area contributed by atoms with Crippen molar-refractivity contribution in [1.82, 2.24) is 5.32 Å². The summed E-state index contributed by atoms with van der Waals surface area (Å²) in [6.07, 6.45) is 0. The fourth-order valence-corrected chi connectivity index (χ4v) is 2.34. The van der Waals surface area contributed by atoms with E-state index in [4.69, 9.17) is 10.5 Å². The average Bonchev–Trinajstić information content (AvgIpc) is 2.61. The van der Waals surface area contributed by atoms with Crippen LogP contribution in [-0.4, -0.2) is 49.4 Å². The third-order valence-electron chi connectivity index (χ3n) is 3.87. The first-order chi connectivity index (χ1) is 12.7. The number of hydrogen-bond donors (Lipinski definition) is 3. The predicted molar refractivity (Wildman–Crippen MR) is 94.2 cm³/mol. The number of rotatable bonds is 6. The third kappa shape index (κ3) is 5.00. The van der Waals surface area contributed by atoms with Crippen LogP contribution in [0.2, 0.25) is 0 Å². The molecule has 0 aliphatic carbocycles. The number of amides is 4. The number of morpholine rings is 1. The van der Waals surface area contributed by atoms with E-state index in [-0.39, 0.29) is 24.7 Å². The van der Waals surface area contributed by atoms with Gasteiger partial charge in [-0.15, -0.1) is 0 Å². The number of ether oxygens (including phenoxy) is 1. The van der Waals surface area contributed by atoms with Crippen LogP contribution in [-0.2, 0) is 23.9 Å². The van der Waals surface area contributed by atoms with Crippen molar-refractivity contribution in [2.24, 2.45) is 11.7 Å². The van der Waals surface area contributed by atoms with Crippen LogP contribution in [0.25, 0.3) is 0 Å². The molecule has 9 nitrogen and oxygen atoms in total. The lowest BCUT2D eigenvalue weighted by molar-refractivity contribution is -0.134. The second-order valence-corrected chi connectivity index (χ2v) is 6.25. The Hall–Kier alpha value is -3.01. The smallest absolute Gasteiger partial charge is 0.256 e. The fraction of sp³-hybridized carbons (Fsp3) is 0.412. The number of nitrogens with one attached hydrogen (secondary N) is 2. The van der Waals surface area contributed by atoms with Gasteiger partial charge in [-0.3, -0.25) is 19.2 Å². The van der Waals surface area contributed by atoms with Gasteiger partial charge in [-0.05, 0) is 18.2 Å². The van der Waals surface area contributed by atoms with E-state index in [1.54, 1.807) is 13.8 Å². The molecule has 1 aromatic carbocycles. The van der Waals surface area contributed by atoms with Gasteiger partial charge in [-0.1, -0.05) is 13.8 Å². The summed E-state index contributed by atoms with van der Waals surface area (Å²) in [7, 11) is 0. The molecule has 1 aliphatic rings. The summed E-state index contributed by atoms with van der Waals surface area (Å²) >= 11 is 0. The minimum absolute atomic E-state index is 0.0874. The normalized spacial score (nSPS) is 15.4. The number of hydrogen-bond acceptors (Lipinski definition) is 5. The van der Waals surface area contributed by atoms with Gasteiger partial charge in [0.2, 0.25) is 11.8 Å². The Bertz CT molecular complexity index is 768. The molecule has 0 unspecified atom stereocenters. The van der Waals surface area contributed by atoms with E-state index >= 15 is 0 Å². The van der Waals surface area contributed by atoms with Crippen molar-refractivity contribution in [3.05, 3.63) is 24.0 Å². The number of nitrogens with zero attached hydrogens (tertiary/aromatic N) is 1. The molecule has 0 radical (unpaired) electrons. The van der Waals surface area contributed by atoms with Crippen molar-refractivity contribution in [3.8, 4) is 0 Å². The van der Waals surface area contributed by atoms with Crippen LogP contribution in [0.3, 0.4) is 0 Å². The second kappa shape index (κ2) is 8.58. The number of halogens is 1. The van der Waals surface area contributed by atoms with E-state index in [1.807, 2.05) is 0 Å². The lowest BCUT2D eigenvalue weighted by Crippen LogP contribution is -2.52. The van der Waals surface area contributed by atoms with Gasteiger partial charge in [0, 0.05) is 18.2 Å². The van der Waals surface area contributed by atoms with Gasteiger partial charge in [-0.2, -0.15) is 0 Å². The third-order valence-corrected chi connectivity index (χ3v) is 3.87. The van der Waals surface area contributed by atoms with Gasteiger partial charge in [0.05, 0.1) is 12.3 Å². The molecule has 1 aliphatic heterocycles. The molecule has 1 atom stereocenters. The van der Waals surface area contributed by atoms with Gasteiger partial charge in [0.25, 0.3) is 11.8 Å². The molecule has 0 spiro atoms. The molecule has 0 bridgehead atoms. The lowest BCUT2D eigenvalue weighted by atomic mass is 10.1. The number of nitrogens with two attached hydrogens (primary N) is 1. The molecule has 1 aromatic rings. The maximum absolute atomic E-state index is 14.4. The Labute approximate surface area is 155 Å². The summed E-state index contributed by atoms with van der Waals surface area (Å²) in [6.45, 7) is 3.69. The number of primary amides is 1. The van der Waals surface area contributed by atoms with E-state index in [0.29, 0.717) is 12.3 Å².